The number of nitrogens with one attached hydrogen (secondary N) is 2. The van der Waals surface area contributed by atoms with Crippen LogP contribution in [0.2, 0.25) is 5.02 Å². The summed E-state index contributed by atoms with van der Waals surface area (Å²) in [5, 5.41) is 6.36. The summed E-state index contributed by atoms with van der Waals surface area (Å²) < 4.78 is 1.07. The van der Waals surface area contributed by atoms with Crippen LogP contribution in [0.5, 0.6) is 0 Å². The Morgan fingerprint density at radius 3 is 2.50 bits per heavy atom. The number of anilines is 1. The van der Waals surface area contributed by atoms with Crippen molar-refractivity contribution in [2.24, 2.45) is 0 Å². The van der Waals surface area contributed by atoms with Gasteiger partial charge in [-0.05, 0) is 77.3 Å². The minimum Gasteiger partial charge on any atom is -0.332 e. The van der Waals surface area contributed by atoms with Crippen LogP contribution in [0.4, 0.5) is 5.69 Å². The first kappa shape index (κ1) is 15.2. The quantitative estimate of drug-likeness (QED) is 0.573. The van der Waals surface area contributed by atoms with E-state index in [1.54, 1.807) is 30.3 Å². The van der Waals surface area contributed by atoms with Crippen LogP contribution >= 0.6 is 46.4 Å². The second-order valence-corrected chi connectivity index (χ2v) is 6.02. The average molecular weight is 417 g/mol. The first-order valence-electron chi connectivity index (χ1n) is 5.68. The predicted octanol–water partition coefficient (Wildman–Crippen LogP) is 4.07. The zero-order chi connectivity index (χ0) is 14.5. The lowest BCUT2D eigenvalue weighted by Gasteiger charge is -2.09. The van der Waals surface area contributed by atoms with Gasteiger partial charge in [-0.25, -0.2) is 0 Å². The van der Waals surface area contributed by atoms with Crippen molar-refractivity contribution in [2.75, 3.05) is 5.32 Å². The summed E-state index contributed by atoms with van der Waals surface area (Å²) in [6.45, 7) is 0. The molecule has 3 nitrogen and oxygen atoms in total. The van der Waals surface area contributed by atoms with Crippen molar-refractivity contribution in [3.05, 3.63) is 62.7 Å². The third-order valence-corrected chi connectivity index (χ3v) is 3.57. The Bertz CT molecular complexity index is 646. The molecular weight excluding hydrogens is 407 g/mol. The fourth-order valence-electron chi connectivity index (χ4n) is 1.51. The van der Waals surface area contributed by atoms with Gasteiger partial charge in [0.1, 0.15) is 0 Å². The molecule has 2 aromatic rings. The van der Waals surface area contributed by atoms with Crippen LogP contribution in [0.15, 0.2) is 48.5 Å². The number of benzene rings is 2. The van der Waals surface area contributed by atoms with Gasteiger partial charge < -0.3 is 5.32 Å². The maximum absolute atomic E-state index is 12.0. The molecule has 0 heterocycles. The number of carbonyl (C=O) groups is 1. The average Bonchev–Trinajstić information content (AvgIpc) is 2.39. The van der Waals surface area contributed by atoms with Crippen LogP contribution in [-0.2, 0) is 0 Å². The normalized spacial score (nSPS) is 9.90. The lowest BCUT2D eigenvalue weighted by Crippen LogP contribution is -2.34. The smallest absolute Gasteiger partial charge is 0.257 e. The van der Waals surface area contributed by atoms with Gasteiger partial charge in [-0.1, -0.05) is 17.7 Å². The van der Waals surface area contributed by atoms with Crippen LogP contribution in [-0.4, -0.2) is 11.0 Å². The lowest BCUT2D eigenvalue weighted by molar-refractivity contribution is 0.0977. The second kappa shape index (κ2) is 7.01. The highest BCUT2D eigenvalue weighted by molar-refractivity contribution is 14.1. The van der Waals surface area contributed by atoms with E-state index in [1.807, 2.05) is 18.2 Å². The Balaban J connectivity index is 1.97. The van der Waals surface area contributed by atoms with Crippen molar-refractivity contribution in [2.45, 2.75) is 0 Å². The Hall–Kier alpha value is -1.18. The Labute approximate surface area is 140 Å². The Morgan fingerprint density at radius 1 is 1.15 bits per heavy atom. The fourth-order valence-corrected chi connectivity index (χ4v) is 2.27. The van der Waals surface area contributed by atoms with Gasteiger partial charge >= 0.3 is 0 Å². The maximum atomic E-state index is 12.0. The molecule has 0 aliphatic heterocycles. The van der Waals surface area contributed by atoms with Gasteiger partial charge in [-0.3, -0.25) is 10.1 Å². The summed E-state index contributed by atoms with van der Waals surface area (Å²) in [6, 6.07) is 14.3. The third-order valence-electron chi connectivity index (χ3n) is 2.42. The zero-order valence-corrected chi connectivity index (χ0v) is 13.9. The lowest BCUT2D eigenvalue weighted by atomic mass is 10.2. The molecule has 20 heavy (non-hydrogen) atoms. The van der Waals surface area contributed by atoms with E-state index in [1.165, 1.54) is 0 Å². The van der Waals surface area contributed by atoms with Gasteiger partial charge in [-0.15, -0.1) is 0 Å². The molecule has 0 aliphatic rings. The van der Waals surface area contributed by atoms with E-state index in [0.29, 0.717) is 10.6 Å². The minimum absolute atomic E-state index is 0.232. The van der Waals surface area contributed by atoms with E-state index in [9.17, 15) is 4.79 Å². The van der Waals surface area contributed by atoms with Crippen molar-refractivity contribution < 1.29 is 4.79 Å². The van der Waals surface area contributed by atoms with E-state index in [2.05, 4.69) is 33.2 Å². The summed E-state index contributed by atoms with van der Waals surface area (Å²) >= 11 is 13.1. The molecule has 0 spiro atoms. The highest BCUT2D eigenvalue weighted by atomic mass is 127. The van der Waals surface area contributed by atoms with Crippen molar-refractivity contribution in [3.63, 3.8) is 0 Å². The number of thiocarbonyl (C=S) groups is 1. The first-order valence-corrected chi connectivity index (χ1v) is 7.54. The summed E-state index contributed by atoms with van der Waals surface area (Å²) in [5.74, 6) is -0.249. The standard InChI is InChI=1S/C14H10ClIN2OS/c15-10-2-1-3-12(8-10)17-14(20)18-13(19)9-4-6-11(16)7-5-9/h1-8H,(H2,17,18,19,20). The van der Waals surface area contributed by atoms with Crippen molar-refractivity contribution in [1.82, 2.24) is 5.32 Å². The molecule has 0 saturated heterocycles. The van der Waals surface area contributed by atoms with Crippen LogP contribution in [0.3, 0.4) is 0 Å². The molecule has 1 amide bonds. The largest absolute Gasteiger partial charge is 0.332 e. The van der Waals surface area contributed by atoms with E-state index in [-0.39, 0.29) is 11.0 Å². The molecule has 0 radical (unpaired) electrons. The van der Waals surface area contributed by atoms with Crippen molar-refractivity contribution in [3.8, 4) is 0 Å². The number of rotatable bonds is 2. The number of carbonyl (C=O) groups excluding carboxylic acids is 1. The van der Waals surface area contributed by atoms with Gasteiger partial charge in [0.2, 0.25) is 0 Å². The molecule has 102 valence electrons. The summed E-state index contributed by atoms with van der Waals surface area (Å²) in [6.07, 6.45) is 0. The maximum Gasteiger partial charge on any atom is 0.257 e. The number of hydrogen-bond acceptors (Lipinski definition) is 2. The molecule has 0 unspecified atom stereocenters. The van der Waals surface area contributed by atoms with Gasteiger partial charge in [0.05, 0.1) is 0 Å². The van der Waals surface area contributed by atoms with Gasteiger partial charge in [-0.2, -0.15) is 0 Å². The number of halogens is 2. The topological polar surface area (TPSA) is 41.1 Å². The highest BCUT2D eigenvalue weighted by Gasteiger charge is 2.07. The first-order chi connectivity index (χ1) is 9.54. The van der Waals surface area contributed by atoms with Gasteiger partial charge in [0.25, 0.3) is 5.91 Å². The molecule has 2 aromatic carbocycles. The number of amides is 1. The molecule has 0 aliphatic carbocycles. The highest BCUT2D eigenvalue weighted by Crippen LogP contribution is 2.14. The van der Waals surface area contributed by atoms with E-state index in [4.69, 9.17) is 23.8 Å². The van der Waals surface area contributed by atoms with Crippen molar-refractivity contribution in [1.29, 1.82) is 0 Å². The Morgan fingerprint density at radius 2 is 1.85 bits per heavy atom. The summed E-state index contributed by atoms with van der Waals surface area (Å²) in [5.41, 5.74) is 1.28. The summed E-state index contributed by atoms with van der Waals surface area (Å²) in [7, 11) is 0. The molecule has 0 bridgehead atoms. The summed E-state index contributed by atoms with van der Waals surface area (Å²) in [4.78, 5) is 12.0. The third kappa shape index (κ3) is 4.43. The molecule has 0 saturated carbocycles. The van der Waals surface area contributed by atoms with Crippen LogP contribution in [0, 0.1) is 3.57 Å². The SMILES string of the molecule is O=C(NC(=S)Nc1cccc(Cl)c1)c1ccc(I)cc1. The Kier molecular flexibility index (Phi) is 5.33. The zero-order valence-electron chi connectivity index (χ0n) is 10.2. The molecule has 0 aromatic heterocycles. The second-order valence-electron chi connectivity index (χ2n) is 3.93. The molecule has 0 atom stereocenters. The van der Waals surface area contributed by atoms with Crippen LogP contribution < -0.4 is 10.6 Å². The van der Waals surface area contributed by atoms with E-state index < -0.39 is 0 Å². The molecule has 2 rings (SSSR count). The minimum atomic E-state index is -0.249. The van der Waals surface area contributed by atoms with Crippen LogP contribution in [0.25, 0.3) is 0 Å². The molecule has 2 N–H and O–H groups in total. The van der Waals surface area contributed by atoms with E-state index in [0.717, 1.165) is 9.26 Å². The van der Waals surface area contributed by atoms with E-state index >= 15 is 0 Å². The van der Waals surface area contributed by atoms with Crippen molar-refractivity contribution >= 4 is 63.1 Å². The fraction of sp³-hybridized carbons (Fsp3) is 0. The molecule has 6 heteroatoms. The predicted molar refractivity (Wildman–Crippen MR) is 94.3 cm³/mol. The van der Waals surface area contributed by atoms with Gasteiger partial charge in [0, 0.05) is 19.8 Å². The monoisotopic (exact) mass is 416 g/mol. The number of hydrogen-bond donors (Lipinski definition) is 2. The van der Waals surface area contributed by atoms with Crippen LogP contribution in [0.1, 0.15) is 10.4 Å². The van der Waals surface area contributed by atoms with Gasteiger partial charge in [0.15, 0.2) is 5.11 Å². The molecular formula is C14H10ClIN2OS. The molecule has 0 fully saturated rings.